The maximum atomic E-state index is 13.9. The van der Waals surface area contributed by atoms with E-state index >= 15 is 0 Å². The van der Waals surface area contributed by atoms with Gasteiger partial charge in [0.15, 0.2) is 11.6 Å². The van der Waals surface area contributed by atoms with Crippen LogP contribution in [0.3, 0.4) is 0 Å². The Morgan fingerprint density at radius 3 is 2.44 bits per heavy atom. The molecule has 2 amide bonds. The normalized spacial score (nSPS) is 24.3. The number of hydrogen-bond donors (Lipinski definition) is 2. The molecule has 200 valence electrons. The van der Waals surface area contributed by atoms with Crippen LogP contribution in [0.15, 0.2) is 18.2 Å². The van der Waals surface area contributed by atoms with Crippen LogP contribution in [0.2, 0.25) is 0 Å². The van der Waals surface area contributed by atoms with Gasteiger partial charge in [0.2, 0.25) is 11.8 Å². The summed E-state index contributed by atoms with van der Waals surface area (Å²) < 4.78 is 32.7. The standard InChI is InChI=1S/C26H38F2N4O4/c1-16(34)32-12-17(13-36-18-7-8-19(27)20(28)11-18)22-21(32)9-10-31(22)24(35)23(25(2,3)4)30-14-26(5,15-33)29-6/h7-8,11,15,17,21-23,29-30H,9-10,12-14H2,1-6H3. The molecule has 2 saturated heterocycles. The molecule has 0 saturated carbocycles. The van der Waals surface area contributed by atoms with Crippen molar-refractivity contribution in [2.75, 3.05) is 33.3 Å². The van der Waals surface area contributed by atoms with Gasteiger partial charge >= 0.3 is 0 Å². The summed E-state index contributed by atoms with van der Waals surface area (Å²) in [5, 5.41) is 6.28. The summed E-state index contributed by atoms with van der Waals surface area (Å²) in [6.45, 7) is 10.5. The highest BCUT2D eigenvalue weighted by Gasteiger charge is 2.53. The van der Waals surface area contributed by atoms with E-state index < -0.39 is 28.6 Å². The van der Waals surface area contributed by atoms with Crippen molar-refractivity contribution in [3.05, 3.63) is 29.8 Å². The van der Waals surface area contributed by atoms with E-state index in [0.717, 1.165) is 18.4 Å². The van der Waals surface area contributed by atoms with Gasteiger partial charge < -0.3 is 30.0 Å². The van der Waals surface area contributed by atoms with Crippen molar-refractivity contribution in [2.24, 2.45) is 11.3 Å². The SMILES string of the molecule is CNC(C)(C=O)CNC(C(=O)N1CCC2C1C(COc1ccc(F)c(F)c1)CN2C(C)=O)C(C)(C)C. The molecule has 1 aromatic rings. The van der Waals surface area contributed by atoms with E-state index in [1.165, 1.54) is 13.0 Å². The summed E-state index contributed by atoms with van der Waals surface area (Å²) in [4.78, 5) is 41.5. The smallest absolute Gasteiger partial charge is 0.240 e. The number of nitrogens with one attached hydrogen (secondary N) is 2. The second-order valence-corrected chi connectivity index (χ2v) is 11.2. The van der Waals surface area contributed by atoms with Crippen LogP contribution in [0, 0.1) is 23.0 Å². The lowest BCUT2D eigenvalue weighted by atomic mass is 9.84. The number of hydrogen-bond acceptors (Lipinski definition) is 6. The van der Waals surface area contributed by atoms with Crippen LogP contribution in [0.4, 0.5) is 8.78 Å². The van der Waals surface area contributed by atoms with Crippen molar-refractivity contribution in [1.29, 1.82) is 0 Å². The number of fused-ring (bicyclic) bond motifs is 1. The zero-order valence-electron chi connectivity index (χ0n) is 21.9. The zero-order valence-corrected chi connectivity index (χ0v) is 21.9. The number of benzene rings is 1. The van der Waals surface area contributed by atoms with Gasteiger partial charge in [-0.25, -0.2) is 8.78 Å². The fourth-order valence-corrected chi connectivity index (χ4v) is 5.18. The fourth-order valence-electron chi connectivity index (χ4n) is 5.18. The van der Waals surface area contributed by atoms with E-state index in [1.807, 2.05) is 25.7 Å². The maximum absolute atomic E-state index is 13.9. The van der Waals surface area contributed by atoms with Gasteiger partial charge in [-0.05, 0) is 37.9 Å². The minimum atomic E-state index is -0.997. The third-order valence-electron chi connectivity index (χ3n) is 7.39. The Hall–Kier alpha value is -2.59. The molecule has 0 spiro atoms. The van der Waals surface area contributed by atoms with Crippen molar-refractivity contribution >= 4 is 18.1 Å². The van der Waals surface area contributed by atoms with Crippen molar-refractivity contribution in [2.45, 2.75) is 64.7 Å². The van der Waals surface area contributed by atoms with Gasteiger partial charge in [-0.3, -0.25) is 9.59 Å². The summed E-state index contributed by atoms with van der Waals surface area (Å²) in [5.41, 5.74) is -1.26. The molecule has 2 heterocycles. The topological polar surface area (TPSA) is 91.0 Å². The largest absolute Gasteiger partial charge is 0.493 e. The first-order chi connectivity index (χ1) is 16.8. The van der Waals surface area contributed by atoms with E-state index in [2.05, 4.69) is 10.6 Å². The molecule has 5 atom stereocenters. The molecule has 2 aliphatic heterocycles. The molecule has 2 aliphatic rings. The van der Waals surface area contributed by atoms with Crippen molar-refractivity contribution in [3.8, 4) is 5.75 Å². The minimum Gasteiger partial charge on any atom is -0.493 e. The van der Waals surface area contributed by atoms with Gasteiger partial charge in [0.25, 0.3) is 0 Å². The molecule has 3 rings (SSSR count). The third kappa shape index (κ3) is 5.86. The first-order valence-electron chi connectivity index (χ1n) is 12.4. The van der Waals surface area contributed by atoms with E-state index in [9.17, 15) is 23.2 Å². The third-order valence-corrected chi connectivity index (χ3v) is 7.39. The number of ether oxygens (including phenoxy) is 1. The predicted octanol–water partition coefficient (Wildman–Crippen LogP) is 1.97. The number of aldehydes is 1. The van der Waals surface area contributed by atoms with E-state index in [1.54, 1.807) is 18.9 Å². The molecule has 0 bridgehead atoms. The number of carbonyl (C=O) groups excluding carboxylic acids is 3. The molecular weight excluding hydrogens is 470 g/mol. The minimum absolute atomic E-state index is 0.0732. The summed E-state index contributed by atoms with van der Waals surface area (Å²) in [6.07, 6.45) is 1.47. The van der Waals surface area contributed by atoms with Gasteiger partial charge in [0.1, 0.15) is 12.0 Å². The summed E-state index contributed by atoms with van der Waals surface area (Å²) >= 11 is 0. The first-order valence-corrected chi connectivity index (χ1v) is 12.4. The quantitative estimate of drug-likeness (QED) is 0.496. The number of likely N-dealkylation sites (tertiary alicyclic amines) is 2. The first kappa shape index (κ1) is 28.0. The second kappa shape index (κ2) is 10.8. The molecule has 0 aromatic heterocycles. The monoisotopic (exact) mass is 508 g/mol. The lowest BCUT2D eigenvalue weighted by Gasteiger charge is -2.38. The molecule has 8 nitrogen and oxygen atoms in total. The van der Waals surface area contributed by atoms with Crippen LogP contribution in [0.5, 0.6) is 5.75 Å². The van der Waals surface area contributed by atoms with Crippen LogP contribution < -0.4 is 15.4 Å². The Kier molecular flexibility index (Phi) is 8.40. The Morgan fingerprint density at radius 2 is 1.89 bits per heavy atom. The summed E-state index contributed by atoms with van der Waals surface area (Å²) in [6, 6.07) is 2.39. The molecule has 1 aromatic carbocycles. The summed E-state index contributed by atoms with van der Waals surface area (Å²) in [7, 11) is 1.70. The highest BCUT2D eigenvalue weighted by Crippen LogP contribution is 2.37. The predicted molar refractivity (Wildman–Crippen MR) is 131 cm³/mol. The highest BCUT2D eigenvalue weighted by molar-refractivity contribution is 5.84. The van der Waals surface area contributed by atoms with Gasteiger partial charge in [0.05, 0.1) is 30.3 Å². The molecule has 10 heteroatoms. The van der Waals surface area contributed by atoms with E-state index in [-0.39, 0.29) is 48.7 Å². The lowest BCUT2D eigenvalue weighted by molar-refractivity contribution is -0.138. The number of carbonyl (C=O) groups is 3. The van der Waals surface area contributed by atoms with Gasteiger partial charge in [-0.15, -0.1) is 0 Å². The van der Waals surface area contributed by atoms with Crippen molar-refractivity contribution in [3.63, 3.8) is 0 Å². The zero-order chi connectivity index (χ0) is 26.8. The number of nitrogens with zero attached hydrogens (tertiary/aromatic N) is 2. The maximum Gasteiger partial charge on any atom is 0.240 e. The molecule has 5 unspecified atom stereocenters. The Balaban J connectivity index is 1.82. The van der Waals surface area contributed by atoms with Crippen LogP contribution in [0.1, 0.15) is 41.0 Å². The number of rotatable bonds is 9. The average Bonchev–Trinajstić information content (AvgIpc) is 3.39. The number of halogens is 2. The fraction of sp³-hybridized carbons (Fsp3) is 0.654. The molecule has 2 fully saturated rings. The van der Waals surface area contributed by atoms with Gasteiger partial charge in [-0.2, -0.15) is 0 Å². The van der Waals surface area contributed by atoms with Crippen LogP contribution in [0.25, 0.3) is 0 Å². The Morgan fingerprint density at radius 1 is 1.19 bits per heavy atom. The second-order valence-electron chi connectivity index (χ2n) is 11.2. The summed E-state index contributed by atoms with van der Waals surface area (Å²) in [5.74, 6) is -2.13. The van der Waals surface area contributed by atoms with Crippen molar-refractivity contribution < 1.29 is 27.9 Å². The molecular formula is C26H38F2N4O4. The number of amides is 2. The Bertz CT molecular complexity index is 985. The van der Waals surface area contributed by atoms with Crippen LogP contribution >= 0.6 is 0 Å². The number of likely N-dealkylation sites (N-methyl/N-ethyl adjacent to an activating group) is 1. The van der Waals surface area contributed by atoms with Gasteiger partial charge in [0, 0.05) is 38.5 Å². The molecule has 0 radical (unpaired) electrons. The molecule has 2 N–H and O–H groups in total. The van der Waals surface area contributed by atoms with Crippen LogP contribution in [-0.2, 0) is 14.4 Å². The van der Waals surface area contributed by atoms with E-state index in [4.69, 9.17) is 4.74 Å². The van der Waals surface area contributed by atoms with Crippen LogP contribution in [-0.4, -0.2) is 84.9 Å². The molecule has 0 aliphatic carbocycles. The van der Waals surface area contributed by atoms with Crippen molar-refractivity contribution in [1.82, 2.24) is 20.4 Å². The van der Waals surface area contributed by atoms with E-state index in [0.29, 0.717) is 19.5 Å². The average molecular weight is 509 g/mol. The molecule has 36 heavy (non-hydrogen) atoms. The highest BCUT2D eigenvalue weighted by atomic mass is 19.2. The van der Waals surface area contributed by atoms with Gasteiger partial charge in [-0.1, -0.05) is 20.8 Å². The Labute approximate surface area is 211 Å². The lowest BCUT2D eigenvalue weighted by Crippen LogP contribution is -2.60.